The fourth-order valence-electron chi connectivity index (χ4n) is 6.48. The summed E-state index contributed by atoms with van der Waals surface area (Å²) in [6, 6.07) is 18.1. The molecular formula is C36H33F5N8O2S. The molecular weight excluding hydrogens is 704 g/mol. The Morgan fingerprint density at radius 3 is 2.52 bits per heavy atom. The second-order valence-electron chi connectivity index (χ2n) is 12.6. The first-order chi connectivity index (χ1) is 25.0. The van der Waals surface area contributed by atoms with E-state index in [9.17, 15) is 27.6 Å². The van der Waals surface area contributed by atoms with Gasteiger partial charge in [0.1, 0.15) is 34.0 Å². The number of likely N-dealkylation sites (tertiary alicyclic amines) is 1. The zero-order valence-corrected chi connectivity index (χ0v) is 28.7. The highest BCUT2D eigenvalue weighted by molar-refractivity contribution is 7.16. The smallest absolute Gasteiger partial charge is 0.370 e. The molecule has 0 saturated carbocycles. The fourth-order valence-corrected chi connectivity index (χ4v) is 7.43. The van der Waals surface area contributed by atoms with Crippen LogP contribution in [-0.4, -0.2) is 95.0 Å². The van der Waals surface area contributed by atoms with Crippen LogP contribution in [0.15, 0.2) is 66.7 Å². The van der Waals surface area contributed by atoms with E-state index >= 15 is 4.39 Å². The van der Waals surface area contributed by atoms with Crippen LogP contribution in [-0.2, 0) is 16.1 Å². The molecule has 16 heteroatoms. The Labute approximate surface area is 299 Å². The Kier molecular flexibility index (Phi) is 9.84. The van der Waals surface area contributed by atoms with Gasteiger partial charge in [0.25, 0.3) is 0 Å². The quantitative estimate of drug-likeness (QED) is 0.163. The number of anilines is 3. The van der Waals surface area contributed by atoms with Crippen LogP contribution in [0, 0.1) is 23.0 Å². The lowest BCUT2D eigenvalue weighted by Crippen LogP contribution is -2.63. The molecule has 52 heavy (non-hydrogen) atoms. The number of alkyl halides is 3. The molecule has 0 spiro atoms. The number of nitrogens with zero attached hydrogens (tertiary/aromatic N) is 7. The number of carbonyl (C=O) groups excluding carboxylic acids is 1. The minimum atomic E-state index is -4.65. The SMILES string of the molecule is CCN(c1nc(-c2ccc(F)cc2)c(C#N)s1)c1n[nH]c2c(F)cc(N3CCN(CC(=O)N4CC(OCc5ccccc5)C4)C(C(F)(F)F)C3)cc12. The Bertz CT molecular complexity index is 2090. The van der Waals surface area contributed by atoms with Crippen LogP contribution in [0.25, 0.3) is 22.2 Å². The van der Waals surface area contributed by atoms with Crippen molar-refractivity contribution in [1.29, 1.82) is 5.26 Å². The molecule has 10 nitrogen and oxygen atoms in total. The van der Waals surface area contributed by atoms with E-state index in [2.05, 4.69) is 21.3 Å². The highest BCUT2D eigenvalue weighted by atomic mass is 32.1. The van der Waals surface area contributed by atoms with Crippen molar-refractivity contribution in [3.8, 4) is 17.3 Å². The number of benzene rings is 3. The third kappa shape index (κ3) is 7.16. The van der Waals surface area contributed by atoms with E-state index < -0.39 is 42.8 Å². The van der Waals surface area contributed by atoms with Crippen LogP contribution in [0.3, 0.4) is 0 Å². The number of aromatic amines is 1. The molecule has 270 valence electrons. The molecule has 4 heterocycles. The van der Waals surface area contributed by atoms with Gasteiger partial charge in [0, 0.05) is 55.9 Å². The minimum Gasteiger partial charge on any atom is -0.370 e. The Morgan fingerprint density at radius 1 is 1.08 bits per heavy atom. The molecule has 1 atom stereocenters. The van der Waals surface area contributed by atoms with Crippen molar-refractivity contribution in [1.82, 2.24) is 25.0 Å². The average Bonchev–Trinajstić information content (AvgIpc) is 3.74. The van der Waals surface area contributed by atoms with Crippen molar-refractivity contribution in [3.63, 3.8) is 0 Å². The van der Waals surface area contributed by atoms with Crippen LogP contribution >= 0.6 is 11.3 Å². The summed E-state index contributed by atoms with van der Waals surface area (Å²) in [7, 11) is 0. The summed E-state index contributed by atoms with van der Waals surface area (Å²) in [6.07, 6.45) is -4.83. The summed E-state index contributed by atoms with van der Waals surface area (Å²) in [5.41, 5.74) is 2.18. The topological polar surface area (TPSA) is 105 Å². The van der Waals surface area contributed by atoms with Crippen molar-refractivity contribution < 1.29 is 31.5 Å². The fraction of sp³-hybridized carbons (Fsp3) is 0.333. The lowest BCUT2D eigenvalue weighted by atomic mass is 10.1. The standard InChI is InChI=1S/C36H33F5N8O2S/c1-2-49(35-43-32(29(16-42)52-35)23-8-10-24(37)11-9-23)34-27-14-25(15-28(38)33(27)44-45-34)46-12-13-47(30(19-46)36(39,40)41)20-31(50)48-17-26(18-48)51-21-22-6-4-3-5-7-22/h3-11,14-15,26,30H,2,12-13,17-21H2,1H3,(H,44,45). The summed E-state index contributed by atoms with van der Waals surface area (Å²) in [4.78, 5) is 23.7. The van der Waals surface area contributed by atoms with E-state index in [-0.39, 0.29) is 41.1 Å². The van der Waals surface area contributed by atoms with Gasteiger partial charge in [-0.3, -0.25) is 14.8 Å². The second kappa shape index (κ2) is 14.5. The lowest BCUT2D eigenvalue weighted by molar-refractivity contribution is -0.187. The third-order valence-corrected chi connectivity index (χ3v) is 10.3. The van der Waals surface area contributed by atoms with Gasteiger partial charge < -0.3 is 19.4 Å². The van der Waals surface area contributed by atoms with Gasteiger partial charge in [-0.05, 0) is 48.9 Å². The summed E-state index contributed by atoms with van der Waals surface area (Å²) in [6.45, 7) is 2.30. The number of thiazole rings is 1. The van der Waals surface area contributed by atoms with E-state index in [0.717, 1.165) is 21.8 Å². The molecule has 2 aliphatic rings. The first-order valence-electron chi connectivity index (χ1n) is 16.6. The summed E-state index contributed by atoms with van der Waals surface area (Å²) >= 11 is 1.09. The highest BCUT2D eigenvalue weighted by Gasteiger charge is 2.48. The number of amides is 1. The van der Waals surface area contributed by atoms with Crippen LogP contribution in [0.5, 0.6) is 0 Å². The van der Waals surface area contributed by atoms with Crippen LogP contribution in [0.4, 0.5) is 38.6 Å². The molecule has 2 aromatic heterocycles. The summed E-state index contributed by atoms with van der Waals surface area (Å²) in [5, 5.41) is 17.5. The van der Waals surface area contributed by atoms with E-state index in [4.69, 9.17) is 4.74 Å². The predicted octanol–water partition coefficient (Wildman–Crippen LogP) is 6.47. The molecule has 2 fully saturated rings. The van der Waals surface area contributed by atoms with E-state index in [1.807, 2.05) is 37.3 Å². The molecule has 0 bridgehead atoms. The van der Waals surface area contributed by atoms with Gasteiger partial charge in [0.2, 0.25) is 5.91 Å². The number of aromatic nitrogens is 3. The molecule has 1 unspecified atom stereocenters. The number of fused-ring (bicyclic) bond motifs is 1. The number of hydrogen-bond donors (Lipinski definition) is 1. The molecule has 1 amide bonds. The average molecular weight is 737 g/mol. The van der Waals surface area contributed by atoms with Crippen LogP contribution in [0.2, 0.25) is 0 Å². The zero-order valence-electron chi connectivity index (χ0n) is 27.9. The summed E-state index contributed by atoms with van der Waals surface area (Å²) in [5.74, 6) is -1.26. The molecule has 0 aliphatic carbocycles. The monoisotopic (exact) mass is 736 g/mol. The van der Waals surface area contributed by atoms with Gasteiger partial charge in [0.05, 0.1) is 19.3 Å². The zero-order chi connectivity index (χ0) is 36.6. The molecule has 7 rings (SSSR count). The van der Waals surface area contributed by atoms with Crippen molar-refractivity contribution >= 4 is 44.8 Å². The number of nitriles is 1. The maximum Gasteiger partial charge on any atom is 0.405 e. The van der Waals surface area contributed by atoms with E-state index in [1.54, 1.807) is 11.0 Å². The maximum absolute atomic E-state index is 15.6. The highest BCUT2D eigenvalue weighted by Crippen LogP contribution is 2.40. The van der Waals surface area contributed by atoms with Gasteiger partial charge in [-0.15, -0.1) is 0 Å². The number of carbonyl (C=O) groups is 1. The van der Waals surface area contributed by atoms with Crippen molar-refractivity contribution in [3.05, 3.63) is 88.8 Å². The first kappa shape index (κ1) is 35.3. The number of rotatable bonds is 10. The molecule has 2 aliphatic heterocycles. The number of nitrogens with one attached hydrogen (secondary N) is 1. The molecule has 3 aromatic carbocycles. The van der Waals surface area contributed by atoms with Gasteiger partial charge in [-0.2, -0.15) is 23.5 Å². The molecule has 2 saturated heterocycles. The Hall–Kier alpha value is -5.11. The molecule has 5 aromatic rings. The van der Waals surface area contributed by atoms with Gasteiger partial charge in [-0.25, -0.2) is 13.8 Å². The maximum atomic E-state index is 15.6. The van der Waals surface area contributed by atoms with Gasteiger partial charge in [-0.1, -0.05) is 41.7 Å². The second-order valence-corrected chi connectivity index (χ2v) is 13.6. The number of piperazine rings is 1. The van der Waals surface area contributed by atoms with Crippen molar-refractivity contribution in [2.75, 3.05) is 55.6 Å². The molecule has 1 N–H and O–H groups in total. The third-order valence-electron chi connectivity index (χ3n) is 9.33. The van der Waals surface area contributed by atoms with Crippen molar-refractivity contribution in [2.45, 2.75) is 31.9 Å². The Balaban J connectivity index is 1.07. The van der Waals surface area contributed by atoms with Gasteiger partial charge >= 0.3 is 6.18 Å². The first-order valence-corrected chi connectivity index (χ1v) is 17.4. The number of ether oxygens (including phenoxy) is 1. The minimum absolute atomic E-state index is 0.0604. The normalized spacial score (nSPS) is 17.0. The number of hydrogen-bond acceptors (Lipinski definition) is 9. The molecule has 0 radical (unpaired) electrons. The van der Waals surface area contributed by atoms with E-state index in [1.165, 1.54) is 40.1 Å². The van der Waals surface area contributed by atoms with Crippen molar-refractivity contribution in [2.24, 2.45) is 0 Å². The van der Waals surface area contributed by atoms with Gasteiger partial charge in [0.15, 0.2) is 16.8 Å². The number of H-pyrrole nitrogens is 1. The lowest BCUT2D eigenvalue weighted by Gasteiger charge is -2.45. The predicted molar refractivity (Wildman–Crippen MR) is 186 cm³/mol. The van der Waals surface area contributed by atoms with Crippen LogP contribution < -0.4 is 9.80 Å². The Morgan fingerprint density at radius 2 is 1.83 bits per heavy atom. The van der Waals surface area contributed by atoms with Crippen LogP contribution in [0.1, 0.15) is 17.4 Å². The summed E-state index contributed by atoms with van der Waals surface area (Å²) < 4.78 is 78.4. The largest absolute Gasteiger partial charge is 0.405 e. The van der Waals surface area contributed by atoms with E-state index in [0.29, 0.717) is 48.0 Å². The number of halogens is 5.